The molecule has 0 bridgehead atoms. The van der Waals surface area contributed by atoms with E-state index in [0.29, 0.717) is 30.5 Å². The highest BCUT2D eigenvalue weighted by atomic mass is 35.5. The quantitative estimate of drug-likeness (QED) is 0.732. The van der Waals surface area contributed by atoms with Gasteiger partial charge in [-0.15, -0.1) is 0 Å². The highest BCUT2D eigenvalue weighted by molar-refractivity contribution is 7.89. The van der Waals surface area contributed by atoms with Gasteiger partial charge in [0.25, 0.3) is 0 Å². The number of nitrogens with zero attached hydrogens (tertiary/aromatic N) is 2. The first-order chi connectivity index (χ1) is 12.1. The average molecular weight is 401 g/mol. The van der Waals surface area contributed by atoms with Gasteiger partial charge in [-0.2, -0.15) is 4.31 Å². The maximum Gasteiger partial charge on any atom is 0.243 e. The van der Waals surface area contributed by atoms with Crippen molar-refractivity contribution in [1.29, 1.82) is 0 Å². The van der Waals surface area contributed by atoms with Crippen molar-refractivity contribution in [1.82, 2.24) is 9.21 Å². The van der Waals surface area contributed by atoms with Crippen LogP contribution < -0.4 is 0 Å². The lowest BCUT2D eigenvalue weighted by Gasteiger charge is -2.36. The molecule has 1 atom stereocenters. The van der Waals surface area contributed by atoms with Gasteiger partial charge in [0.1, 0.15) is 0 Å². The predicted molar refractivity (Wildman–Crippen MR) is 105 cm³/mol. The third-order valence-corrected chi connectivity index (χ3v) is 6.78. The van der Waals surface area contributed by atoms with Crippen LogP contribution in [0.4, 0.5) is 0 Å². The number of hydrogen-bond acceptors (Lipinski definition) is 3. The summed E-state index contributed by atoms with van der Waals surface area (Å²) in [7, 11) is -3.61. The molecule has 0 aromatic heterocycles. The SMILES string of the molecule is CC(C)CN(C(=O)C1CCCN(S(=O)(=O)c2ccc(Cl)cc2)C1)C(C)C. The molecule has 1 fully saturated rings. The van der Waals surface area contributed by atoms with E-state index in [9.17, 15) is 13.2 Å². The number of carbonyl (C=O) groups is 1. The highest BCUT2D eigenvalue weighted by Crippen LogP contribution is 2.26. The van der Waals surface area contributed by atoms with Gasteiger partial charge < -0.3 is 4.90 Å². The van der Waals surface area contributed by atoms with Crippen LogP contribution in [0.2, 0.25) is 5.02 Å². The van der Waals surface area contributed by atoms with Gasteiger partial charge >= 0.3 is 0 Å². The largest absolute Gasteiger partial charge is 0.340 e. The summed E-state index contributed by atoms with van der Waals surface area (Å²) in [6.07, 6.45) is 1.42. The van der Waals surface area contributed by atoms with E-state index < -0.39 is 10.0 Å². The molecule has 146 valence electrons. The molecule has 1 aromatic carbocycles. The second-order valence-electron chi connectivity index (χ2n) is 7.63. The van der Waals surface area contributed by atoms with Gasteiger partial charge in [0.15, 0.2) is 0 Å². The van der Waals surface area contributed by atoms with Crippen LogP contribution in [-0.2, 0) is 14.8 Å². The van der Waals surface area contributed by atoms with Crippen LogP contribution >= 0.6 is 11.6 Å². The molecule has 1 aliphatic heterocycles. The summed E-state index contributed by atoms with van der Waals surface area (Å²) in [5, 5.41) is 0.497. The van der Waals surface area contributed by atoms with Crippen molar-refractivity contribution in [3.05, 3.63) is 29.3 Å². The minimum atomic E-state index is -3.61. The summed E-state index contributed by atoms with van der Waals surface area (Å²) >= 11 is 5.86. The Morgan fingerprint density at radius 1 is 1.23 bits per heavy atom. The fourth-order valence-corrected chi connectivity index (χ4v) is 4.95. The van der Waals surface area contributed by atoms with Crippen LogP contribution in [0.15, 0.2) is 29.2 Å². The topological polar surface area (TPSA) is 57.7 Å². The van der Waals surface area contributed by atoms with Crippen LogP contribution in [0.5, 0.6) is 0 Å². The second-order valence-corrected chi connectivity index (χ2v) is 10.0. The molecule has 0 spiro atoms. The molecule has 26 heavy (non-hydrogen) atoms. The standard InChI is InChI=1S/C19H29ClN2O3S/c1-14(2)12-22(15(3)4)19(23)16-6-5-11-21(13-16)26(24,25)18-9-7-17(20)8-10-18/h7-10,14-16H,5-6,11-13H2,1-4H3. The van der Waals surface area contributed by atoms with Crippen molar-refractivity contribution >= 4 is 27.5 Å². The Bertz CT molecular complexity index is 717. The molecule has 1 saturated heterocycles. The third-order valence-electron chi connectivity index (χ3n) is 4.65. The van der Waals surface area contributed by atoms with Crippen molar-refractivity contribution in [3.8, 4) is 0 Å². The van der Waals surface area contributed by atoms with Crippen molar-refractivity contribution in [2.45, 2.75) is 51.5 Å². The Labute approximate surface area is 162 Å². The maximum absolute atomic E-state index is 13.0. The van der Waals surface area contributed by atoms with E-state index in [1.54, 1.807) is 12.1 Å². The molecular weight excluding hydrogens is 372 g/mol. The molecule has 1 unspecified atom stereocenters. The number of halogens is 1. The van der Waals surface area contributed by atoms with E-state index in [4.69, 9.17) is 11.6 Å². The van der Waals surface area contributed by atoms with Crippen molar-refractivity contribution < 1.29 is 13.2 Å². The van der Waals surface area contributed by atoms with E-state index in [2.05, 4.69) is 13.8 Å². The number of amides is 1. The first kappa shape index (κ1) is 21.2. The monoisotopic (exact) mass is 400 g/mol. The van der Waals surface area contributed by atoms with Gasteiger partial charge in [-0.3, -0.25) is 4.79 Å². The second kappa shape index (κ2) is 8.72. The van der Waals surface area contributed by atoms with Crippen LogP contribution in [0, 0.1) is 11.8 Å². The Morgan fingerprint density at radius 3 is 2.38 bits per heavy atom. The Kier molecular flexibility index (Phi) is 7.11. The molecule has 0 N–H and O–H groups in total. The minimum Gasteiger partial charge on any atom is -0.340 e. The fourth-order valence-electron chi connectivity index (χ4n) is 3.30. The molecule has 0 aliphatic carbocycles. The van der Waals surface area contributed by atoms with E-state index in [1.807, 2.05) is 18.7 Å². The molecule has 7 heteroatoms. The first-order valence-corrected chi connectivity index (χ1v) is 11.0. The van der Waals surface area contributed by atoms with Crippen molar-refractivity contribution in [2.24, 2.45) is 11.8 Å². The van der Waals surface area contributed by atoms with E-state index >= 15 is 0 Å². The van der Waals surface area contributed by atoms with Gasteiger partial charge in [0, 0.05) is 30.7 Å². The van der Waals surface area contributed by atoms with Crippen LogP contribution in [-0.4, -0.2) is 49.2 Å². The average Bonchev–Trinajstić information content (AvgIpc) is 2.59. The van der Waals surface area contributed by atoms with Crippen molar-refractivity contribution in [2.75, 3.05) is 19.6 Å². The normalized spacial score (nSPS) is 19.1. The molecule has 1 heterocycles. The van der Waals surface area contributed by atoms with Gasteiger partial charge in [0.2, 0.25) is 15.9 Å². The minimum absolute atomic E-state index is 0.0599. The highest BCUT2D eigenvalue weighted by Gasteiger charge is 2.35. The number of sulfonamides is 1. The lowest BCUT2D eigenvalue weighted by atomic mass is 9.97. The lowest BCUT2D eigenvalue weighted by Crippen LogP contribution is -2.49. The van der Waals surface area contributed by atoms with Crippen LogP contribution in [0.25, 0.3) is 0 Å². The lowest BCUT2D eigenvalue weighted by molar-refractivity contribution is -0.139. The number of piperidine rings is 1. The van der Waals surface area contributed by atoms with Crippen molar-refractivity contribution in [3.63, 3.8) is 0 Å². The summed E-state index contributed by atoms with van der Waals surface area (Å²) in [4.78, 5) is 15.1. The molecule has 5 nitrogen and oxygen atoms in total. The summed E-state index contributed by atoms with van der Waals surface area (Å²) < 4.78 is 27.3. The first-order valence-electron chi connectivity index (χ1n) is 9.19. The van der Waals surface area contributed by atoms with E-state index in [-0.39, 0.29) is 29.3 Å². The number of benzene rings is 1. The number of carbonyl (C=O) groups excluding carboxylic acids is 1. The predicted octanol–water partition coefficient (Wildman–Crippen LogP) is 3.63. The summed E-state index contributed by atoms with van der Waals surface area (Å²) in [5.74, 6) is 0.149. The van der Waals surface area contributed by atoms with Crippen LogP contribution in [0.1, 0.15) is 40.5 Å². The number of rotatable bonds is 6. The van der Waals surface area contributed by atoms with Gasteiger partial charge in [-0.05, 0) is 56.9 Å². The zero-order chi connectivity index (χ0) is 19.5. The summed E-state index contributed by atoms with van der Waals surface area (Å²) in [6.45, 7) is 9.56. The van der Waals surface area contributed by atoms with Crippen LogP contribution in [0.3, 0.4) is 0 Å². The smallest absolute Gasteiger partial charge is 0.243 e. The van der Waals surface area contributed by atoms with E-state index in [1.165, 1.54) is 16.4 Å². The Balaban J connectivity index is 2.17. The van der Waals surface area contributed by atoms with E-state index in [0.717, 1.165) is 6.42 Å². The number of hydrogen-bond donors (Lipinski definition) is 0. The zero-order valence-electron chi connectivity index (χ0n) is 16.0. The third kappa shape index (κ3) is 4.99. The van der Waals surface area contributed by atoms with Gasteiger partial charge in [0.05, 0.1) is 10.8 Å². The molecule has 1 aromatic rings. The molecule has 0 saturated carbocycles. The molecule has 2 rings (SSSR count). The zero-order valence-corrected chi connectivity index (χ0v) is 17.6. The summed E-state index contributed by atoms with van der Waals surface area (Å²) in [6, 6.07) is 6.28. The van der Waals surface area contributed by atoms with Gasteiger partial charge in [-0.25, -0.2) is 8.42 Å². The van der Waals surface area contributed by atoms with Gasteiger partial charge in [-0.1, -0.05) is 25.4 Å². The summed E-state index contributed by atoms with van der Waals surface area (Å²) in [5.41, 5.74) is 0. The molecule has 0 radical (unpaired) electrons. The fraction of sp³-hybridized carbons (Fsp3) is 0.632. The molecule has 1 amide bonds. The Morgan fingerprint density at radius 2 is 1.85 bits per heavy atom. The molecular formula is C19H29ClN2O3S. The Hall–Kier alpha value is -1.11. The molecule has 1 aliphatic rings. The maximum atomic E-state index is 13.0.